The summed E-state index contributed by atoms with van der Waals surface area (Å²) in [6.45, 7) is -0.328. The number of carbonyl (C=O) groups is 2. The molecule has 0 aliphatic carbocycles. The van der Waals surface area contributed by atoms with Crippen LogP contribution in [0.3, 0.4) is 0 Å². The van der Waals surface area contributed by atoms with Crippen molar-refractivity contribution in [1.29, 1.82) is 0 Å². The number of anilines is 1. The minimum atomic E-state index is -1.30. The maximum atomic E-state index is 13.6. The van der Waals surface area contributed by atoms with Crippen molar-refractivity contribution in [3.05, 3.63) is 42.5 Å². The second-order valence-electron chi connectivity index (χ2n) is 9.94. The number of aliphatic hydroxyl groups excluding tert-OH is 3. The molecule has 0 saturated carbocycles. The SMILES string of the molecule is COc1ccc(C[C@H](NC(=O)OCCSSCCO)C(=O)N[C@H]2[C@@H](O)[C@H](n3cnc4c(N(C)C)ncnc43)O[C@@H]2CO)cc1. The number of alkyl carbamates (subject to hydrolysis) is 1. The van der Waals surface area contributed by atoms with Gasteiger partial charge in [-0.1, -0.05) is 33.7 Å². The summed E-state index contributed by atoms with van der Waals surface area (Å²) in [5, 5.41) is 35.7. The molecule has 240 valence electrons. The molecular formula is C27H37N7O8S2. The summed E-state index contributed by atoms with van der Waals surface area (Å²) in [6.07, 6.45) is -1.12. The maximum Gasteiger partial charge on any atom is 0.407 e. The third-order valence-corrected chi connectivity index (χ3v) is 9.12. The Morgan fingerprint density at radius 3 is 2.57 bits per heavy atom. The lowest BCUT2D eigenvalue weighted by molar-refractivity contribution is -0.124. The quantitative estimate of drug-likeness (QED) is 0.112. The second-order valence-corrected chi connectivity index (χ2v) is 12.6. The Morgan fingerprint density at radius 2 is 1.89 bits per heavy atom. The molecule has 0 unspecified atom stereocenters. The Bertz CT molecular complexity index is 1380. The highest BCUT2D eigenvalue weighted by Gasteiger charge is 2.46. The first-order valence-electron chi connectivity index (χ1n) is 13.8. The van der Waals surface area contributed by atoms with Crippen LogP contribution in [-0.4, -0.2) is 124 Å². The van der Waals surface area contributed by atoms with E-state index in [-0.39, 0.29) is 19.6 Å². The van der Waals surface area contributed by atoms with Crippen LogP contribution in [0.15, 0.2) is 36.9 Å². The standard InChI is InChI=1S/C27H37N7O8S2/c1-33(2)23-21-24(29-14-28-23)34(15-30-21)26-22(37)20(19(13-36)42-26)32-25(38)18(12-16-4-6-17(40-3)7-5-16)31-27(39)41-9-11-44-43-10-8-35/h4-7,14-15,18-20,22,26,35-37H,8-13H2,1-3H3,(H,31,39)(H,32,38)/t18-,19+,20+,22+,26+/m0/s1. The van der Waals surface area contributed by atoms with Gasteiger partial charge in [0.25, 0.3) is 0 Å². The Balaban J connectivity index is 1.48. The van der Waals surface area contributed by atoms with Crippen LogP contribution in [0.2, 0.25) is 0 Å². The Labute approximate surface area is 262 Å². The molecule has 17 heteroatoms. The van der Waals surface area contributed by atoms with Crippen molar-refractivity contribution in [2.45, 2.75) is 36.9 Å². The molecule has 1 aromatic carbocycles. The molecule has 3 aromatic rings. The van der Waals surface area contributed by atoms with Crippen LogP contribution in [0.4, 0.5) is 10.6 Å². The van der Waals surface area contributed by atoms with Crippen LogP contribution in [0.5, 0.6) is 5.75 Å². The summed E-state index contributed by atoms with van der Waals surface area (Å²) in [5.41, 5.74) is 1.64. The lowest BCUT2D eigenvalue weighted by Gasteiger charge is -2.25. The molecule has 1 aliphatic rings. The van der Waals surface area contributed by atoms with Gasteiger partial charge >= 0.3 is 6.09 Å². The number of ether oxygens (including phenoxy) is 3. The normalized spacial score (nSPS) is 20.3. The van der Waals surface area contributed by atoms with Crippen LogP contribution in [-0.2, 0) is 20.7 Å². The lowest BCUT2D eigenvalue weighted by atomic mass is 10.0. The number of nitrogens with zero attached hydrogens (tertiary/aromatic N) is 5. The molecule has 1 aliphatic heterocycles. The molecule has 5 atom stereocenters. The summed E-state index contributed by atoms with van der Waals surface area (Å²) in [5.74, 6) is 1.67. The largest absolute Gasteiger partial charge is 0.497 e. The van der Waals surface area contributed by atoms with Gasteiger partial charge in [-0.15, -0.1) is 0 Å². The van der Waals surface area contributed by atoms with E-state index in [1.54, 1.807) is 36.3 Å². The molecule has 5 N–H and O–H groups in total. The van der Waals surface area contributed by atoms with Gasteiger partial charge in [0.2, 0.25) is 5.91 Å². The minimum absolute atomic E-state index is 0.0600. The van der Waals surface area contributed by atoms with E-state index >= 15 is 0 Å². The fraction of sp³-hybridized carbons (Fsp3) is 0.519. The highest BCUT2D eigenvalue weighted by molar-refractivity contribution is 8.76. The van der Waals surface area contributed by atoms with Gasteiger partial charge < -0.3 is 45.1 Å². The molecule has 1 saturated heterocycles. The Morgan fingerprint density at radius 1 is 1.14 bits per heavy atom. The average Bonchev–Trinajstić information content (AvgIpc) is 3.59. The number of nitrogens with one attached hydrogen (secondary N) is 2. The van der Waals surface area contributed by atoms with Crippen molar-refractivity contribution in [3.63, 3.8) is 0 Å². The van der Waals surface area contributed by atoms with E-state index in [1.165, 1.54) is 38.8 Å². The number of fused-ring (bicyclic) bond motifs is 1. The van der Waals surface area contributed by atoms with Gasteiger partial charge in [0.15, 0.2) is 23.2 Å². The van der Waals surface area contributed by atoms with E-state index in [0.717, 1.165) is 5.56 Å². The van der Waals surface area contributed by atoms with E-state index < -0.39 is 49.1 Å². The zero-order valence-corrected chi connectivity index (χ0v) is 26.2. The van der Waals surface area contributed by atoms with E-state index in [0.29, 0.717) is 34.2 Å². The van der Waals surface area contributed by atoms with Crippen LogP contribution in [0.25, 0.3) is 11.2 Å². The summed E-state index contributed by atoms with van der Waals surface area (Å²) in [7, 11) is 8.10. The number of aliphatic hydroxyl groups is 3. The minimum Gasteiger partial charge on any atom is -0.497 e. The fourth-order valence-electron chi connectivity index (χ4n) is 4.64. The van der Waals surface area contributed by atoms with Gasteiger partial charge in [-0.05, 0) is 17.7 Å². The van der Waals surface area contributed by atoms with Crippen LogP contribution >= 0.6 is 21.6 Å². The summed E-state index contributed by atoms with van der Waals surface area (Å²) in [6, 6.07) is 4.92. The van der Waals surface area contributed by atoms with Crippen molar-refractivity contribution < 1.29 is 39.1 Å². The predicted octanol–water partition coefficient (Wildman–Crippen LogP) is 0.348. The molecule has 15 nitrogen and oxygen atoms in total. The zero-order chi connectivity index (χ0) is 31.6. The van der Waals surface area contributed by atoms with Crippen molar-refractivity contribution in [2.75, 3.05) is 57.4 Å². The zero-order valence-electron chi connectivity index (χ0n) is 24.5. The van der Waals surface area contributed by atoms with Gasteiger partial charge in [-0.25, -0.2) is 19.7 Å². The third-order valence-electron chi connectivity index (χ3n) is 6.77. The monoisotopic (exact) mass is 651 g/mol. The number of aromatic nitrogens is 4. The summed E-state index contributed by atoms with van der Waals surface area (Å²) < 4.78 is 18.0. The first-order chi connectivity index (χ1) is 21.3. The molecule has 0 spiro atoms. The molecule has 2 amide bonds. The van der Waals surface area contributed by atoms with E-state index in [2.05, 4.69) is 25.6 Å². The van der Waals surface area contributed by atoms with Gasteiger partial charge in [0, 0.05) is 32.0 Å². The first-order valence-corrected chi connectivity index (χ1v) is 16.3. The van der Waals surface area contributed by atoms with Crippen molar-refractivity contribution >= 4 is 50.6 Å². The van der Waals surface area contributed by atoms with Crippen LogP contribution in [0, 0.1) is 0 Å². The summed E-state index contributed by atoms with van der Waals surface area (Å²) >= 11 is 0. The number of imidazole rings is 1. The molecule has 0 bridgehead atoms. The number of hydrogen-bond acceptors (Lipinski definition) is 14. The number of hydrogen-bond donors (Lipinski definition) is 5. The van der Waals surface area contributed by atoms with Crippen LogP contribution in [0.1, 0.15) is 11.8 Å². The predicted molar refractivity (Wildman–Crippen MR) is 166 cm³/mol. The molecule has 2 aromatic heterocycles. The molecule has 44 heavy (non-hydrogen) atoms. The molecule has 1 fully saturated rings. The highest BCUT2D eigenvalue weighted by Crippen LogP contribution is 2.32. The third kappa shape index (κ3) is 8.22. The number of rotatable bonds is 15. The smallest absolute Gasteiger partial charge is 0.407 e. The van der Waals surface area contributed by atoms with Gasteiger partial charge in [-0.3, -0.25) is 9.36 Å². The fourth-order valence-corrected chi connectivity index (χ4v) is 6.23. The molecule has 3 heterocycles. The lowest BCUT2D eigenvalue weighted by Crippen LogP contribution is -2.55. The molecular weight excluding hydrogens is 614 g/mol. The van der Waals surface area contributed by atoms with Gasteiger partial charge in [-0.2, -0.15) is 0 Å². The van der Waals surface area contributed by atoms with Crippen molar-refractivity contribution in [2.24, 2.45) is 0 Å². The van der Waals surface area contributed by atoms with Crippen LogP contribution < -0.4 is 20.3 Å². The Kier molecular flexibility index (Phi) is 12.3. The number of carbonyl (C=O) groups excluding carboxylic acids is 2. The summed E-state index contributed by atoms with van der Waals surface area (Å²) in [4.78, 5) is 41.0. The maximum absolute atomic E-state index is 13.6. The highest BCUT2D eigenvalue weighted by atomic mass is 33.1. The number of benzene rings is 1. The first kappa shape index (κ1) is 33.5. The van der Waals surface area contributed by atoms with E-state index in [4.69, 9.17) is 19.3 Å². The molecule has 0 radical (unpaired) electrons. The Hall–Kier alpha value is -3.35. The van der Waals surface area contributed by atoms with E-state index in [9.17, 15) is 19.8 Å². The van der Waals surface area contributed by atoms with Crippen molar-refractivity contribution in [3.8, 4) is 5.75 Å². The second kappa shape index (κ2) is 16.1. The molecule has 4 rings (SSSR count). The van der Waals surface area contributed by atoms with Gasteiger partial charge in [0.1, 0.15) is 36.9 Å². The average molecular weight is 652 g/mol. The van der Waals surface area contributed by atoms with Gasteiger partial charge in [0.05, 0.1) is 32.7 Å². The topological polar surface area (TPSA) is 193 Å². The van der Waals surface area contributed by atoms with Crippen molar-refractivity contribution in [1.82, 2.24) is 30.2 Å². The number of amides is 2. The number of methoxy groups -OCH3 is 1. The van der Waals surface area contributed by atoms with E-state index in [1.807, 2.05) is 14.1 Å².